The molecule has 1 amide bonds. The third kappa shape index (κ3) is 5.68. The van der Waals surface area contributed by atoms with E-state index in [2.05, 4.69) is 10.0 Å². The SMILES string of the molecule is CNC1CCN(C(=O)Cc2ccc(NS(=O)(=O)c3cccs3)cc2)CC1.Cl. The number of piperidine rings is 1. The van der Waals surface area contributed by atoms with E-state index in [9.17, 15) is 13.2 Å². The normalized spacial score (nSPS) is 15.2. The predicted octanol–water partition coefficient (Wildman–Crippen LogP) is 2.72. The summed E-state index contributed by atoms with van der Waals surface area (Å²) in [4.78, 5) is 14.3. The zero-order valence-corrected chi connectivity index (χ0v) is 17.5. The van der Waals surface area contributed by atoms with E-state index < -0.39 is 10.0 Å². The van der Waals surface area contributed by atoms with Gasteiger partial charge in [-0.05, 0) is 49.0 Å². The number of hydrogen-bond donors (Lipinski definition) is 2. The van der Waals surface area contributed by atoms with Crippen LogP contribution in [0.2, 0.25) is 0 Å². The summed E-state index contributed by atoms with van der Waals surface area (Å²) in [7, 11) is -1.59. The summed E-state index contributed by atoms with van der Waals surface area (Å²) in [6, 6.07) is 10.7. The third-order valence-corrected chi connectivity index (χ3v) is 7.36. The van der Waals surface area contributed by atoms with Crippen LogP contribution in [0.5, 0.6) is 0 Å². The summed E-state index contributed by atoms with van der Waals surface area (Å²) in [6.45, 7) is 1.56. The summed E-state index contributed by atoms with van der Waals surface area (Å²) in [6.07, 6.45) is 2.29. The molecule has 0 unspecified atom stereocenters. The Balaban J connectivity index is 0.00000261. The number of carbonyl (C=O) groups is 1. The van der Waals surface area contributed by atoms with Gasteiger partial charge >= 0.3 is 0 Å². The van der Waals surface area contributed by atoms with Crippen LogP contribution >= 0.6 is 23.7 Å². The minimum absolute atomic E-state index is 0. The largest absolute Gasteiger partial charge is 0.342 e. The van der Waals surface area contributed by atoms with E-state index in [-0.39, 0.29) is 22.5 Å². The third-order valence-electron chi connectivity index (χ3n) is 4.58. The molecular weight excluding hydrogens is 406 g/mol. The number of benzene rings is 1. The van der Waals surface area contributed by atoms with E-state index in [0.29, 0.717) is 18.2 Å². The lowest BCUT2D eigenvalue weighted by Gasteiger charge is -2.31. The Kier molecular flexibility index (Phi) is 7.67. The van der Waals surface area contributed by atoms with Crippen LogP contribution in [0.15, 0.2) is 46.0 Å². The molecule has 27 heavy (non-hydrogen) atoms. The second-order valence-electron chi connectivity index (χ2n) is 6.36. The summed E-state index contributed by atoms with van der Waals surface area (Å²) in [5, 5.41) is 4.98. The molecule has 2 heterocycles. The van der Waals surface area contributed by atoms with Gasteiger partial charge in [-0.3, -0.25) is 9.52 Å². The molecule has 0 bridgehead atoms. The number of hydrogen-bond acceptors (Lipinski definition) is 5. The first kappa shape index (κ1) is 21.7. The second-order valence-corrected chi connectivity index (χ2v) is 9.21. The van der Waals surface area contributed by atoms with Crippen LogP contribution in [0.25, 0.3) is 0 Å². The zero-order valence-electron chi connectivity index (χ0n) is 15.1. The summed E-state index contributed by atoms with van der Waals surface area (Å²) >= 11 is 1.17. The molecule has 2 N–H and O–H groups in total. The van der Waals surface area contributed by atoms with E-state index in [1.54, 1.807) is 41.8 Å². The number of sulfonamides is 1. The Morgan fingerprint density at radius 2 is 1.85 bits per heavy atom. The van der Waals surface area contributed by atoms with Crippen LogP contribution in [0.1, 0.15) is 18.4 Å². The number of halogens is 1. The molecule has 0 aliphatic carbocycles. The van der Waals surface area contributed by atoms with Crippen LogP contribution < -0.4 is 10.0 Å². The maximum absolute atomic E-state index is 12.4. The quantitative estimate of drug-likeness (QED) is 0.740. The number of amides is 1. The molecule has 1 aliphatic rings. The van der Waals surface area contributed by atoms with E-state index in [1.165, 1.54) is 11.3 Å². The van der Waals surface area contributed by atoms with Gasteiger partial charge in [0.1, 0.15) is 4.21 Å². The summed E-state index contributed by atoms with van der Waals surface area (Å²) in [5.41, 5.74) is 1.37. The van der Waals surface area contributed by atoms with Gasteiger partial charge in [0, 0.05) is 24.8 Å². The van der Waals surface area contributed by atoms with Crippen molar-refractivity contribution in [1.29, 1.82) is 0 Å². The minimum Gasteiger partial charge on any atom is -0.342 e. The molecule has 3 rings (SSSR count). The van der Waals surface area contributed by atoms with Crippen molar-refractivity contribution in [3.63, 3.8) is 0 Å². The number of anilines is 1. The molecule has 0 radical (unpaired) electrons. The minimum atomic E-state index is -3.54. The number of nitrogens with zero attached hydrogens (tertiary/aromatic N) is 1. The Morgan fingerprint density at radius 1 is 1.19 bits per heavy atom. The van der Waals surface area contributed by atoms with Crippen LogP contribution in [0.4, 0.5) is 5.69 Å². The van der Waals surface area contributed by atoms with Gasteiger partial charge in [-0.1, -0.05) is 18.2 Å². The van der Waals surface area contributed by atoms with Crippen molar-refractivity contribution in [2.24, 2.45) is 0 Å². The van der Waals surface area contributed by atoms with Gasteiger partial charge < -0.3 is 10.2 Å². The topological polar surface area (TPSA) is 78.5 Å². The fourth-order valence-corrected chi connectivity index (χ4v) is 5.07. The maximum atomic E-state index is 12.4. The molecule has 148 valence electrons. The van der Waals surface area contributed by atoms with Crippen LogP contribution in [0.3, 0.4) is 0 Å². The molecule has 1 fully saturated rings. The first-order valence-electron chi connectivity index (χ1n) is 8.58. The average molecular weight is 430 g/mol. The molecule has 1 saturated heterocycles. The lowest BCUT2D eigenvalue weighted by molar-refractivity contribution is -0.131. The Hall–Kier alpha value is -1.61. The average Bonchev–Trinajstić information content (AvgIpc) is 3.19. The first-order chi connectivity index (χ1) is 12.5. The molecule has 1 aliphatic heterocycles. The predicted molar refractivity (Wildman–Crippen MR) is 111 cm³/mol. The fourth-order valence-electron chi connectivity index (χ4n) is 3.02. The van der Waals surface area contributed by atoms with Crippen LogP contribution in [-0.4, -0.2) is 45.4 Å². The lowest BCUT2D eigenvalue weighted by atomic mass is 10.0. The van der Waals surface area contributed by atoms with Gasteiger partial charge in [0.05, 0.1) is 6.42 Å². The molecule has 0 saturated carbocycles. The zero-order chi connectivity index (χ0) is 18.6. The maximum Gasteiger partial charge on any atom is 0.271 e. The molecule has 1 aromatic heterocycles. The van der Waals surface area contributed by atoms with E-state index in [4.69, 9.17) is 0 Å². The fraction of sp³-hybridized carbons (Fsp3) is 0.389. The van der Waals surface area contributed by atoms with Crippen molar-refractivity contribution in [1.82, 2.24) is 10.2 Å². The number of thiophene rings is 1. The highest BCUT2D eigenvalue weighted by Gasteiger charge is 2.21. The number of nitrogens with one attached hydrogen (secondary N) is 2. The molecule has 6 nitrogen and oxygen atoms in total. The van der Waals surface area contributed by atoms with Crippen molar-refractivity contribution in [2.75, 3.05) is 24.9 Å². The van der Waals surface area contributed by atoms with Gasteiger partial charge in [-0.15, -0.1) is 23.7 Å². The summed E-state index contributed by atoms with van der Waals surface area (Å²) in [5.74, 6) is 0.117. The van der Waals surface area contributed by atoms with E-state index >= 15 is 0 Å². The second kappa shape index (κ2) is 9.54. The monoisotopic (exact) mass is 429 g/mol. The number of likely N-dealkylation sites (tertiary alicyclic amines) is 1. The van der Waals surface area contributed by atoms with Crippen LogP contribution in [0, 0.1) is 0 Å². The van der Waals surface area contributed by atoms with E-state index in [0.717, 1.165) is 31.5 Å². The highest BCUT2D eigenvalue weighted by atomic mass is 35.5. The Bertz CT molecular complexity index is 831. The van der Waals surface area contributed by atoms with E-state index in [1.807, 2.05) is 11.9 Å². The molecule has 9 heteroatoms. The Labute approximate surface area is 170 Å². The van der Waals surface area contributed by atoms with Gasteiger partial charge in [0.15, 0.2) is 0 Å². The van der Waals surface area contributed by atoms with Gasteiger partial charge in [0.25, 0.3) is 10.0 Å². The number of carbonyl (C=O) groups excluding carboxylic acids is 1. The molecular formula is C18H24ClN3O3S2. The van der Waals surface area contributed by atoms with Crippen molar-refractivity contribution in [3.8, 4) is 0 Å². The van der Waals surface area contributed by atoms with Gasteiger partial charge in [-0.2, -0.15) is 0 Å². The Morgan fingerprint density at radius 3 is 2.41 bits per heavy atom. The highest BCUT2D eigenvalue weighted by molar-refractivity contribution is 7.94. The highest BCUT2D eigenvalue weighted by Crippen LogP contribution is 2.21. The smallest absolute Gasteiger partial charge is 0.271 e. The molecule has 2 aromatic rings. The molecule has 0 atom stereocenters. The van der Waals surface area contributed by atoms with Crippen molar-refractivity contribution >= 4 is 45.4 Å². The molecule has 1 aromatic carbocycles. The van der Waals surface area contributed by atoms with Crippen molar-refractivity contribution in [2.45, 2.75) is 29.5 Å². The van der Waals surface area contributed by atoms with Crippen LogP contribution in [-0.2, 0) is 21.2 Å². The van der Waals surface area contributed by atoms with Gasteiger partial charge in [-0.25, -0.2) is 8.42 Å². The lowest BCUT2D eigenvalue weighted by Crippen LogP contribution is -2.44. The standard InChI is InChI=1S/C18H23N3O3S2.ClH/c1-19-15-8-10-21(11-9-15)17(22)13-14-4-6-16(7-5-14)20-26(23,24)18-3-2-12-25-18;/h2-7,12,15,19-20H,8-11,13H2,1H3;1H. The summed E-state index contributed by atoms with van der Waals surface area (Å²) < 4.78 is 27.3. The number of rotatable bonds is 6. The van der Waals surface area contributed by atoms with Crippen molar-refractivity contribution < 1.29 is 13.2 Å². The molecule has 0 spiro atoms. The first-order valence-corrected chi connectivity index (χ1v) is 10.9. The van der Waals surface area contributed by atoms with Crippen molar-refractivity contribution in [3.05, 3.63) is 47.3 Å². The van der Waals surface area contributed by atoms with Gasteiger partial charge in [0.2, 0.25) is 5.91 Å².